The fourth-order valence-corrected chi connectivity index (χ4v) is 2.17. The van der Waals surface area contributed by atoms with Crippen molar-refractivity contribution in [3.05, 3.63) is 48.7 Å². The highest BCUT2D eigenvalue weighted by Crippen LogP contribution is 2.36. The largest absolute Gasteiger partial charge is 0.508 e. The molecule has 0 spiro atoms. The molecule has 4 nitrogen and oxygen atoms in total. The van der Waals surface area contributed by atoms with Gasteiger partial charge in [-0.05, 0) is 17.7 Å². The van der Waals surface area contributed by atoms with E-state index in [-0.39, 0.29) is 11.5 Å². The third-order valence-electron chi connectivity index (χ3n) is 3.25. The fourth-order valence-electron chi connectivity index (χ4n) is 2.17. The quantitative estimate of drug-likeness (QED) is 0.613. The minimum atomic E-state index is 0.0163. The Kier molecular flexibility index (Phi) is 2.95. The van der Waals surface area contributed by atoms with Gasteiger partial charge < -0.3 is 10.2 Å². The van der Waals surface area contributed by atoms with Gasteiger partial charge in [0.15, 0.2) is 0 Å². The zero-order valence-electron chi connectivity index (χ0n) is 11.0. The predicted molar refractivity (Wildman–Crippen MR) is 81.0 cm³/mol. The number of H-pyrrole nitrogens is 1. The lowest BCUT2D eigenvalue weighted by atomic mass is 9.93. The Bertz CT molecular complexity index is 751. The van der Waals surface area contributed by atoms with Gasteiger partial charge in [0.25, 0.3) is 0 Å². The number of rotatable bonds is 2. The number of phenols is 2. The SMILES string of the molecule is Bc1ccc(-c2cn[nH]c2-c2ccc(O)cc2O)cc1. The summed E-state index contributed by atoms with van der Waals surface area (Å²) in [4.78, 5) is 0. The van der Waals surface area contributed by atoms with Crippen molar-refractivity contribution in [2.45, 2.75) is 0 Å². The molecule has 0 saturated heterocycles. The van der Waals surface area contributed by atoms with Crippen LogP contribution in [0.1, 0.15) is 0 Å². The van der Waals surface area contributed by atoms with Crippen molar-refractivity contribution < 1.29 is 10.2 Å². The molecule has 0 amide bonds. The number of aromatic nitrogens is 2. The van der Waals surface area contributed by atoms with E-state index in [0.29, 0.717) is 5.56 Å². The third kappa shape index (κ3) is 2.14. The smallest absolute Gasteiger partial charge is 0.139 e. The molecule has 1 aromatic heterocycles. The second kappa shape index (κ2) is 4.77. The molecule has 3 rings (SSSR count). The van der Waals surface area contributed by atoms with Gasteiger partial charge in [-0.25, -0.2) is 0 Å². The summed E-state index contributed by atoms with van der Waals surface area (Å²) < 4.78 is 0. The van der Waals surface area contributed by atoms with E-state index in [1.165, 1.54) is 17.6 Å². The second-order valence-electron chi connectivity index (χ2n) is 4.73. The molecule has 5 heteroatoms. The molecule has 0 radical (unpaired) electrons. The fraction of sp³-hybridized carbons (Fsp3) is 0. The maximum atomic E-state index is 9.97. The van der Waals surface area contributed by atoms with Crippen molar-refractivity contribution in [2.75, 3.05) is 0 Å². The van der Waals surface area contributed by atoms with Crippen molar-refractivity contribution in [1.29, 1.82) is 0 Å². The molecule has 20 heavy (non-hydrogen) atoms. The highest BCUT2D eigenvalue weighted by molar-refractivity contribution is 6.32. The molecule has 98 valence electrons. The molecular formula is C15H13BN2O2. The first-order valence-corrected chi connectivity index (χ1v) is 6.28. The number of hydrogen-bond donors (Lipinski definition) is 3. The van der Waals surface area contributed by atoms with E-state index < -0.39 is 0 Å². The van der Waals surface area contributed by atoms with E-state index in [9.17, 15) is 10.2 Å². The summed E-state index contributed by atoms with van der Waals surface area (Å²) in [5, 5.41) is 26.3. The molecule has 2 aromatic carbocycles. The summed E-state index contributed by atoms with van der Waals surface area (Å²) in [5.74, 6) is 0.0465. The van der Waals surface area contributed by atoms with Crippen LogP contribution in [0.4, 0.5) is 0 Å². The summed E-state index contributed by atoms with van der Waals surface area (Å²) in [7, 11) is 2.03. The van der Waals surface area contributed by atoms with Gasteiger partial charge in [0, 0.05) is 17.2 Å². The van der Waals surface area contributed by atoms with Gasteiger partial charge in [0.05, 0.1) is 11.9 Å². The standard InChI is InChI=1S/C15H13BN2O2/c16-10-3-1-9(2-4-10)13-8-17-18-15(13)12-6-5-11(19)7-14(12)20/h1-8,19-20H,16H2,(H,17,18). The minimum absolute atomic E-state index is 0.0163. The Labute approximate surface area is 117 Å². The monoisotopic (exact) mass is 264 g/mol. The lowest BCUT2D eigenvalue weighted by Gasteiger charge is -2.06. The topological polar surface area (TPSA) is 69.1 Å². The minimum Gasteiger partial charge on any atom is -0.508 e. The van der Waals surface area contributed by atoms with Gasteiger partial charge in [-0.3, -0.25) is 5.10 Å². The van der Waals surface area contributed by atoms with E-state index in [1.54, 1.807) is 12.3 Å². The number of nitrogens with zero attached hydrogens (tertiary/aromatic N) is 1. The Morgan fingerprint density at radius 1 is 0.950 bits per heavy atom. The highest BCUT2D eigenvalue weighted by Gasteiger charge is 2.13. The number of aromatic hydroxyl groups is 2. The Hall–Kier alpha value is -2.69. The van der Waals surface area contributed by atoms with Crippen LogP contribution < -0.4 is 5.46 Å². The van der Waals surface area contributed by atoms with Crippen LogP contribution in [-0.2, 0) is 0 Å². The van der Waals surface area contributed by atoms with Crippen LogP contribution in [0.5, 0.6) is 11.5 Å². The van der Waals surface area contributed by atoms with Gasteiger partial charge in [-0.2, -0.15) is 5.10 Å². The Morgan fingerprint density at radius 3 is 2.40 bits per heavy atom. The molecule has 0 saturated carbocycles. The summed E-state index contributed by atoms with van der Waals surface area (Å²) in [5.41, 5.74) is 4.45. The maximum absolute atomic E-state index is 9.97. The number of phenolic OH excluding ortho intramolecular Hbond substituents is 2. The first-order chi connectivity index (χ1) is 9.65. The van der Waals surface area contributed by atoms with Crippen molar-refractivity contribution in [3.63, 3.8) is 0 Å². The zero-order chi connectivity index (χ0) is 14.1. The van der Waals surface area contributed by atoms with Crippen molar-refractivity contribution in [2.24, 2.45) is 0 Å². The molecule has 0 aliphatic rings. The van der Waals surface area contributed by atoms with Crippen LogP contribution in [0.15, 0.2) is 48.7 Å². The van der Waals surface area contributed by atoms with Crippen LogP contribution in [0, 0.1) is 0 Å². The lowest BCUT2D eigenvalue weighted by Crippen LogP contribution is -1.99. The molecule has 0 fully saturated rings. The van der Waals surface area contributed by atoms with E-state index >= 15 is 0 Å². The highest BCUT2D eigenvalue weighted by atomic mass is 16.3. The number of aromatic amines is 1. The molecule has 0 atom stereocenters. The summed E-state index contributed by atoms with van der Waals surface area (Å²) in [6, 6.07) is 12.6. The zero-order valence-corrected chi connectivity index (χ0v) is 11.0. The van der Waals surface area contributed by atoms with Crippen LogP contribution >= 0.6 is 0 Å². The second-order valence-corrected chi connectivity index (χ2v) is 4.73. The molecular weight excluding hydrogens is 251 g/mol. The number of nitrogens with one attached hydrogen (secondary N) is 1. The first kappa shape index (κ1) is 12.4. The summed E-state index contributed by atoms with van der Waals surface area (Å²) in [6.45, 7) is 0. The van der Waals surface area contributed by atoms with Gasteiger partial charge in [-0.15, -0.1) is 0 Å². The van der Waals surface area contributed by atoms with Gasteiger partial charge in [-0.1, -0.05) is 29.7 Å². The van der Waals surface area contributed by atoms with Crippen LogP contribution in [0.25, 0.3) is 22.4 Å². The van der Waals surface area contributed by atoms with E-state index in [0.717, 1.165) is 16.8 Å². The average Bonchev–Trinajstić information content (AvgIpc) is 2.88. The van der Waals surface area contributed by atoms with Gasteiger partial charge >= 0.3 is 0 Å². The number of hydrogen-bond acceptors (Lipinski definition) is 3. The first-order valence-electron chi connectivity index (χ1n) is 6.28. The Balaban J connectivity index is 2.12. The Morgan fingerprint density at radius 2 is 1.70 bits per heavy atom. The number of benzene rings is 2. The van der Waals surface area contributed by atoms with Crippen LogP contribution in [-0.4, -0.2) is 28.3 Å². The third-order valence-corrected chi connectivity index (χ3v) is 3.25. The molecule has 0 bridgehead atoms. The molecule has 0 unspecified atom stereocenters. The van der Waals surface area contributed by atoms with Crippen LogP contribution in [0.2, 0.25) is 0 Å². The normalized spacial score (nSPS) is 10.6. The molecule has 0 aliphatic heterocycles. The molecule has 3 aromatic rings. The van der Waals surface area contributed by atoms with Crippen molar-refractivity contribution in [1.82, 2.24) is 10.2 Å². The maximum Gasteiger partial charge on any atom is 0.139 e. The average molecular weight is 264 g/mol. The van der Waals surface area contributed by atoms with Crippen molar-refractivity contribution >= 4 is 13.3 Å². The van der Waals surface area contributed by atoms with Crippen molar-refractivity contribution in [3.8, 4) is 33.9 Å². The summed E-state index contributed by atoms with van der Waals surface area (Å²) >= 11 is 0. The van der Waals surface area contributed by atoms with Gasteiger partial charge in [0.2, 0.25) is 0 Å². The van der Waals surface area contributed by atoms with E-state index in [1.807, 2.05) is 32.1 Å². The van der Waals surface area contributed by atoms with E-state index in [4.69, 9.17) is 0 Å². The van der Waals surface area contributed by atoms with Crippen LogP contribution in [0.3, 0.4) is 0 Å². The predicted octanol–water partition coefficient (Wildman–Crippen LogP) is 1.41. The molecule has 0 aliphatic carbocycles. The molecule has 1 heterocycles. The molecule has 3 N–H and O–H groups in total. The lowest BCUT2D eigenvalue weighted by molar-refractivity contribution is 0.452. The summed E-state index contributed by atoms with van der Waals surface area (Å²) in [6.07, 6.45) is 1.73. The van der Waals surface area contributed by atoms with Gasteiger partial charge in [0.1, 0.15) is 19.3 Å². The van der Waals surface area contributed by atoms with E-state index in [2.05, 4.69) is 10.2 Å².